The van der Waals surface area contributed by atoms with Crippen LogP contribution in [-0.2, 0) is 0 Å². The normalized spacial score (nSPS) is 15.5. The number of aromatic nitrogens is 2. The Hall–Kier alpha value is -4.86. The van der Waals surface area contributed by atoms with Gasteiger partial charge in [0.25, 0.3) is 11.5 Å². The maximum atomic E-state index is 13.4. The summed E-state index contributed by atoms with van der Waals surface area (Å²) < 4.78 is 24.4. The van der Waals surface area contributed by atoms with Crippen molar-refractivity contribution >= 4 is 28.7 Å². The van der Waals surface area contributed by atoms with Crippen LogP contribution < -0.4 is 24.5 Å². The van der Waals surface area contributed by atoms with E-state index in [1.54, 1.807) is 30.9 Å². The number of fused-ring (bicyclic) bond motifs is 3. The van der Waals surface area contributed by atoms with Crippen LogP contribution in [0.1, 0.15) is 54.7 Å². The first kappa shape index (κ1) is 30.2. The van der Waals surface area contributed by atoms with Crippen molar-refractivity contribution in [3.8, 4) is 28.7 Å². The average Bonchev–Trinajstić information content (AvgIpc) is 3.49. The van der Waals surface area contributed by atoms with Gasteiger partial charge in [0.05, 0.1) is 61.3 Å². The second-order valence-electron chi connectivity index (χ2n) is 11.3. The van der Waals surface area contributed by atoms with Crippen LogP contribution in [0.25, 0.3) is 16.6 Å². The van der Waals surface area contributed by atoms with Crippen LogP contribution >= 0.6 is 0 Å². The van der Waals surface area contributed by atoms with Gasteiger partial charge in [-0.25, -0.2) is 4.98 Å². The lowest BCUT2D eigenvalue weighted by molar-refractivity contribution is 0.0774. The van der Waals surface area contributed by atoms with Crippen molar-refractivity contribution in [2.45, 2.75) is 51.5 Å². The highest BCUT2D eigenvalue weighted by atomic mass is 16.5. The Balaban J connectivity index is 0.993. The first-order valence-corrected chi connectivity index (χ1v) is 15.5. The summed E-state index contributed by atoms with van der Waals surface area (Å²) in [5.74, 6) is 3.11. The van der Waals surface area contributed by atoms with E-state index in [0.29, 0.717) is 58.4 Å². The number of aryl methyl sites for hydroxylation is 1. The van der Waals surface area contributed by atoms with Crippen LogP contribution in [0, 0.1) is 6.92 Å². The van der Waals surface area contributed by atoms with Gasteiger partial charge in [0.15, 0.2) is 11.5 Å². The topological polar surface area (TPSA) is 104 Å². The van der Waals surface area contributed by atoms with Crippen molar-refractivity contribution in [1.82, 2.24) is 14.5 Å². The Kier molecular flexibility index (Phi) is 9.00. The predicted octanol–water partition coefficient (Wildman–Crippen LogP) is 6.05. The van der Waals surface area contributed by atoms with Gasteiger partial charge in [-0.05, 0) is 94.0 Å². The van der Waals surface area contributed by atoms with Crippen LogP contribution in [0.4, 0.5) is 5.69 Å². The summed E-state index contributed by atoms with van der Waals surface area (Å²) in [6.07, 6.45) is 7.50. The maximum Gasteiger partial charge on any atom is 0.266 e. The van der Waals surface area contributed by atoms with Crippen molar-refractivity contribution < 1.29 is 23.7 Å². The molecule has 10 nitrogen and oxygen atoms in total. The van der Waals surface area contributed by atoms with E-state index in [9.17, 15) is 9.59 Å². The van der Waals surface area contributed by atoms with Gasteiger partial charge in [-0.3, -0.25) is 19.1 Å². The van der Waals surface area contributed by atoms with Crippen LogP contribution in [0.5, 0.6) is 23.0 Å². The fourth-order valence-electron chi connectivity index (χ4n) is 5.95. The quantitative estimate of drug-likeness (QED) is 0.180. The number of hydrogen-bond donors (Lipinski definition) is 0. The van der Waals surface area contributed by atoms with Crippen molar-refractivity contribution in [3.05, 3.63) is 76.3 Å². The van der Waals surface area contributed by atoms with Crippen molar-refractivity contribution in [3.63, 3.8) is 0 Å². The van der Waals surface area contributed by atoms with E-state index in [1.165, 1.54) is 0 Å². The molecule has 6 rings (SSSR count). The molecular formula is C35H38N4O6. The van der Waals surface area contributed by atoms with Crippen LogP contribution in [0.3, 0.4) is 0 Å². The van der Waals surface area contributed by atoms with Gasteiger partial charge in [0.1, 0.15) is 17.3 Å². The second-order valence-corrected chi connectivity index (χ2v) is 11.3. The second kappa shape index (κ2) is 13.4. The molecule has 45 heavy (non-hydrogen) atoms. The first-order chi connectivity index (χ1) is 22.0. The predicted molar refractivity (Wildman–Crippen MR) is 173 cm³/mol. The lowest BCUT2D eigenvalue weighted by Gasteiger charge is -2.20. The lowest BCUT2D eigenvalue weighted by Crippen LogP contribution is -2.35. The highest BCUT2D eigenvalue weighted by Crippen LogP contribution is 2.38. The zero-order valence-corrected chi connectivity index (χ0v) is 26.0. The molecule has 0 unspecified atom stereocenters. The molecule has 0 radical (unpaired) electrons. The van der Waals surface area contributed by atoms with Crippen molar-refractivity contribution in [2.24, 2.45) is 4.99 Å². The van der Waals surface area contributed by atoms with E-state index in [-0.39, 0.29) is 17.5 Å². The number of amides is 1. The molecule has 1 aromatic heterocycles. The number of methoxy groups -OCH3 is 2. The van der Waals surface area contributed by atoms with Gasteiger partial charge >= 0.3 is 0 Å². The van der Waals surface area contributed by atoms with E-state index in [4.69, 9.17) is 18.9 Å². The number of unbranched alkanes of at least 4 members (excludes halogenated alkanes) is 3. The molecule has 4 aromatic rings. The van der Waals surface area contributed by atoms with Gasteiger partial charge < -0.3 is 23.8 Å². The number of rotatable bonds is 12. The average molecular weight is 611 g/mol. The largest absolute Gasteiger partial charge is 0.497 e. The van der Waals surface area contributed by atoms with Gasteiger partial charge in [0.2, 0.25) is 0 Å². The summed E-state index contributed by atoms with van der Waals surface area (Å²) >= 11 is 0. The zero-order chi connectivity index (χ0) is 31.3. The first-order valence-electron chi connectivity index (χ1n) is 15.5. The summed E-state index contributed by atoms with van der Waals surface area (Å²) in [4.78, 5) is 37.6. The Bertz CT molecular complexity index is 1780. The minimum Gasteiger partial charge on any atom is -0.497 e. The molecule has 1 atom stereocenters. The highest BCUT2D eigenvalue weighted by Gasteiger charge is 2.32. The molecule has 1 fully saturated rings. The van der Waals surface area contributed by atoms with E-state index >= 15 is 0 Å². The standard InChI is InChI=1S/C35H38N4O6/c1-23-37-30-15-14-27(19-28(30)35(41)39(23)24-10-12-26(42-2)13-11-24)44-17-6-4-5-7-18-45-33-21-31-29(20-32(33)43-3)34(40)38-16-8-9-25(38)22-36-31/h10-15,19-22,25H,4-9,16-18H2,1-3H3/t25-/m0/s1. The van der Waals surface area contributed by atoms with Crippen LogP contribution in [-0.4, -0.2) is 66.6 Å². The number of aliphatic imine (C=N–C) groups is 1. The van der Waals surface area contributed by atoms with Gasteiger partial charge in [-0.2, -0.15) is 0 Å². The third kappa shape index (κ3) is 6.36. The zero-order valence-electron chi connectivity index (χ0n) is 26.0. The van der Waals surface area contributed by atoms with Gasteiger partial charge in [-0.1, -0.05) is 0 Å². The van der Waals surface area contributed by atoms with Crippen molar-refractivity contribution in [1.29, 1.82) is 0 Å². The fraction of sp³-hybridized carbons (Fsp3) is 0.371. The SMILES string of the molecule is COc1ccc(-n2c(C)nc3ccc(OCCCCCCOc4cc5c(cc4OC)C(=O)N4CCC[C@H]4C=N5)cc3c2=O)cc1. The number of carbonyl (C=O) groups excluding carboxylic acids is 1. The Morgan fingerprint density at radius 1 is 0.844 bits per heavy atom. The summed E-state index contributed by atoms with van der Waals surface area (Å²) in [7, 11) is 3.19. The van der Waals surface area contributed by atoms with Gasteiger partial charge in [-0.15, -0.1) is 0 Å². The maximum absolute atomic E-state index is 13.4. The molecule has 0 bridgehead atoms. The molecule has 10 heteroatoms. The number of ether oxygens (including phenoxy) is 4. The van der Waals surface area contributed by atoms with Crippen molar-refractivity contribution in [2.75, 3.05) is 34.0 Å². The summed E-state index contributed by atoms with van der Waals surface area (Å²) in [5, 5.41) is 0.509. The molecule has 2 aliphatic heterocycles. The number of carbonyl (C=O) groups is 1. The highest BCUT2D eigenvalue weighted by molar-refractivity contribution is 6.03. The molecule has 0 aliphatic carbocycles. The van der Waals surface area contributed by atoms with E-state index < -0.39 is 0 Å². The molecule has 3 aromatic carbocycles. The number of benzene rings is 3. The molecule has 2 aliphatic rings. The fourth-order valence-corrected chi connectivity index (χ4v) is 5.95. The smallest absolute Gasteiger partial charge is 0.266 e. The Morgan fingerprint density at radius 2 is 1.60 bits per heavy atom. The molecule has 0 spiro atoms. The van der Waals surface area contributed by atoms with E-state index in [1.807, 2.05) is 60.5 Å². The van der Waals surface area contributed by atoms with Gasteiger partial charge in [0, 0.05) is 18.8 Å². The van der Waals surface area contributed by atoms with E-state index in [2.05, 4.69) is 9.98 Å². The summed E-state index contributed by atoms with van der Waals surface area (Å²) in [6.45, 7) is 3.65. The minimum absolute atomic E-state index is 0.00168. The molecule has 234 valence electrons. The summed E-state index contributed by atoms with van der Waals surface area (Å²) in [5.41, 5.74) is 2.41. The molecule has 1 saturated heterocycles. The molecule has 0 saturated carbocycles. The molecule has 1 amide bonds. The number of hydrogen-bond acceptors (Lipinski definition) is 8. The number of nitrogens with zero attached hydrogens (tertiary/aromatic N) is 4. The third-order valence-corrected chi connectivity index (χ3v) is 8.36. The third-order valence-electron chi connectivity index (χ3n) is 8.36. The molecule has 0 N–H and O–H groups in total. The van der Waals surface area contributed by atoms with E-state index in [0.717, 1.165) is 56.5 Å². The summed E-state index contributed by atoms with van der Waals surface area (Å²) in [6, 6.07) is 16.4. The Labute approximate surface area is 262 Å². The molecule has 3 heterocycles. The monoisotopic (exact) mass is 610 g/mol. The van der Waals surface area contributed by atoms with Crippen LogP contribution in [0.15, 0.2) is 64.4 Å². The minimum atomic E-state index is -0.141. The molecular weight excluding hydrogens is 572 g/mol. The van der Waals surface area contributed by atoms with Crippen LogP contribution in [0.2, 0.25) is 0 Å². The lowest BCUT2D eigenvalue weighted by atomic mass is 10.1. The Morgan fingerprint density at radius 3 is 2.36 bits per heavy atom.